The van der Waals surface area contributed by atoms with E-state index in [1.807, 2.05) is 18.2 Å². The zero-order chi connectivity index (χ0) is 18.7. The molecule has 1 saturated heterocycles. The Morgan fingerprint density at radius 1 is 1.31 bits per heavy atom. The van der Waals surface area contributed by atoms with Crippen molar-refractivity contribution >= 4 is 23.5 Å². The fraction of sp³-hybridized carbons (Fsp3) is 0.500. The van der Waals surface area contributed by atoms with Crippen molar-refractivity contribution in [1.82, 2.24) is 15.5 Å². The van der Waals surface area contributed by atoms with Gasteiger partial charge in [-0.05, 0) is 24.6 Å². The minimum absolute atomic E-state index is 0.0690. The van der Waals surface area contributed by atoms with Crippen LogP contribution in [0.5, 0.6) is 0 Å². The largest absolute Gasteiger partial charge is 0.481 e. The normalized spacial score (nSPS) is 17.8. The molecular weight excluding hydrogens is 336 g/mol. The van der Waals surface area contributed by atoms with Crippen LogP contribution in [0.4, 0.5) is 5.69 Å². The third kappa shape index (κ3) is 4.13. The summed E-state index contributed by atoms with van der Waals surface area (Å²) in [5.74, 6) is -1.47. The third-order valence-corrected chi connectivity index (χ3v) is 4.68. The molecule has 0 radical (unpaired) electrons. The van der Waals surface area contributed by atoms with Crippen LogP contribution in [0.1, 0.15) is 29.3 Å². The summed E-state index contributed by atoms with van der Waals surface area (Å²) in [6.45, 7) is 5.61. The van der Waals surface area contributed by atoms with Crippen molar-refractivity contribution in [3.63, 3.8) is 0 Å². The molecule has 2 heterocycles. The topological polar surface area (TPSA) is 102 Å². The van der Waals surface area contributed by atoms with Crippen LogP contribution in [-0.2, 0) is 16.1 Å². The lowest BCUT2D eigenvalue weighted by Crippen LogP contribution is -2.43. The second-order valence-electron chi connectivity index (χ2n) is 6.81. The van der Waals surface area contributed by atoms with Gasteiger partial charge in [-0.2, -0.15) is 0 Å². The van der Waals surface area contributed by atoms with E-state index in [4.69, 9.17) is 5.11 Å². The molecule has 0 aromatic heterocycles. The number of nitrogens with one attached hydrogen (secondary N) is 2. The maximum Gasteiger partial charge on any atom is 0.305 e. The fourth-order valence-electron chi connectivity index (χ4n) is 3.40. The summed E-state index contributed by atoms with van der Waals surface area (Å²) in [5, 5.41) is 14.7. The van der Waals surface area contributed by atoms with Crippen molar-refractivity contribution in [3.8, 4) is 0 Å². The molecule has 1 aromatic rings. The van der Waals surface area contributed by atoms with Gasteiger partial charge >= 0.3 is 5.97 Å². The SMILES string of the molecule is C[C@H](CC(=O)O)NC(=O)CN1Cc2ccc(N3CCNCC3)cc2C1=O. The lowest BCUT2D eigenvalue weighted by atomic mass is 10.1. The minimum atomic E-state index is -0.970. The van der Waals surface area contributed by atoms with Gasteiger partial charge in [-0.3, -0.25) is 14.4 Å². The number of fused-ring (bicyclic) bond motifs is 1. The first-order valence-corrected chi connectivity index (χ1v) is 8.83. The standard InChI is InChI=1S/C18H24N4O4/c1-12(8-17(24)25)20-16(23)11-22-10-13-2-3-14(9-15(13)18(22)26)21-6-4-19-5-7-21/h2-3,9,12,19H,4-8,10-11H2,1H3,(H,20,23)(H,24,25)/t12-/m1/s1. The monoisotopic (exact) mass is 360 g/mol. The number of anilines is 1. The molecule has 0 spiro atoms. The number of carboxylic acids is 1. The number of carbonyl (C=O) groups is 3. The molecule has 8 heteroatoms. The average molecular weight is 360 g/mol. The summed E-state index contributed by atoms with van der Waals surface area (Å²) in [4.78, 5) is 39.2. The summed E-state index contributed by atoms with van der Waals surface area (Å²) in [5.41, 5.74) is 2.59. The first-order valence-electron chi connectivity index (χ1n) is 8.83. The Hall–Kier alpha value is -2.61. The van der Waals surface area contributed by atoms with E-state index in [9.17, 15) is 14.4 Å². The van der Waals surface area contributed by atoms with Gasteiger partial charge < -0.3 is 25.5 Å². The smallest absolute Gasteiger partial charge is 0.305 e. The van der Waals surface area contributed by atoms with E-state index in [1.54, 1.807) is 6.92 Å². The van der Waals surface area contributed by atoms with E-state index in [2.05, 4.69) is 15.5 Å². The Bertz CT molecular complexity index is 715. The van der Waals surface area contributed by atoms with Crippen LogP contribution in [0.25, 0.3) is 0 Å². The van der Waals surface area contributed by atoms with Gasteiger partial charge in [0.25, 0.3) is 5.91 Å². The number of hydrogen-bond donors (Lipinski definition) is 3. The summed E-state index contributed by atoms with van der Waals surface area (Å²) < 4.78 is 0. The van der Waals surface area contributed by atoms with Gasteiger partial charge in [0.1, 0.15) is 6.54 Å². The first kappa shape index (κ1) is 18.2. The third-order valence-electron chi connectivity index (χ3n) is 4.68. The number of nitrogens with zero attached hydrogens (tertiary/aromatic N) is 2. The van der Waals surface area contributed by atoms with Crippen LogP contribution < -0.4 is 15.5 Å². The molecule has 3 rings (SSSR count). The second kappa shape index (κ2) is 7.74. The van der Waals surface area contributed by atoms with Crippen molar-refractivity contribution in [2.75, 3.05) is 37.6 Å². The van der Waals surface area contributed by atoms with Crippen LogP contribution in [0.15, 0.2) is 18.2 Å². The van der Waals surface area contributed by atoms with E-state index >= 15 is 0 Å². The first-order chi connectivity index (χ1) is 12.4. The molecular formula is C18H24N4O4. The summed E-state index contributed by atoms with van der Waals surface area (Å²) in [6.07, 6.45) is -0.145. The molecule has 0 bridgehead atoms. The number of hydrogen-bond acceptors (Lipinski definition) is 5. The minimum Gasteiger partial charge on any atom is -0.481 e. The molecule has 1 atom stereocenters. The molecule has 8 nitrogen and oxygen atoms in total. The van der Waals surface area contributed by atoms with Gasteiger partial charge in [0.2, 0.25) is 5.91 Å². The average Bonchev–Trinajstić information content (AvgIpc) is 2.90. The van der Waals surface area contributed by atoms with E-state index in [-0.39, 0.29) is 24.8 Å². The van der Waals surface area contributed by atoms with Crippen LogP contribution >= 0.6 is 0 Å². The molecule has 2 aliphatic rings. The van der Waals surface area contributed by atoms with E-state index < -0.39 is 12.0 Å². The Labute approximate surface area is 152 Å². The summed E-state index contributed by atoms with van der Waals surface area (Å²) in [7, 11) is 0. The Morgan fingerprint density at radius 2 is 2.04 bits per heavy atom. The highest BCUT2D eigenvalue weighted by Crippen LogP contribution is 2.27. The fourth-order valence-corrected chi connectivity index (χ4v) is 3.40. The highest BCUT2D eigenvalue weighted by molar-refractivity contribution is 6.01. The van der Waals surface area contributed by atoms with E-state index in [1.165, 1.54) is 4.90 Å². The predicted molar refractivity (Wildman–Crippen MR) is 96.1 cm³/mol. The Morgan fingerprint density at radius 3 is 2.73 bits per heavy atom. The number of aliphatic carboxylic acids is 1. The quantitative estimate of drug-likeness (QED) is 0.662. The van der Waals surface area contributed by atoms with Crippen molar-refractivity contribution in [2.45, 2.75) is 25.9 Å². The van der Waals surface area contributed by atoms with Crippen molar-refractivity contribution in [1.29, 1.82) is 0 Å². The molecule has 2 amide bonds. The number of piperazine rings is 1. The van der Waals surface area contributed by atoms with Gasteiger partial charge in [-0.1, -0.05) is 6.07 Å². The number of amides is 2. The second-order valence-corrected chi connectivity index (χ2v) is 6.81. The molecule has 3 N–H and O–H groups in total. The Kier molecular flexibility index (Phi) is 5.41. The zero-order valence-electron chi connectivity index (χ0n) is 14.8. The van der Waals surface area contributed by atoms with Gasteiger partial charge in [-0.25, -0.2) is 0 Å². The van der Waals surface area contributed by atoms with E-state index in [0.717, 1.165) is 37.4 Å². The number of carbonyl (C=O) groups excluding carboxylic acids is 2. The summed E-state index contributed by atoms with van der Waals surface area (Å²) >= 11 is 0. The van der Waals surface area contributed by atoms with Gasteiger partial charge in [0.15, 0.2) is 0 Å². The molecule has 140 valence electrons. The van der Waals surface area contributed by atoms with E-state index in [0.29, 0.717) is 12.1 Å². The summed E-state index contributed by atoms with van der Waals surface area (Å²) in [6, 6.07) is 5.42. The van der Waals surface area contributed by atoms with Crippen molar-refractivity contribution < 1.29 is 19.5 Å². The lowest BCUT2D eigenvalue weighted by Gasteiger charge is -2.29. The van der Waals surface area contributed by atoms with Crippen LogP contribution in [-0.4, -0.2) is 66.6 Å². The molecule has 1 aromatic carbocycles. The zero-order valence-corrected chi connectivity index (χ0v) is 14.8. The molecule has 26 heavy (non-hydrogen) atoms. The molecule has 2 aliphatic heterocycles. The Balaban J connectivity index is 1.62. The number of carboxylic acid groups (broad SMARTS) is 1. The predicted octanol–water partition coefficient (Wildman–Crippen LogP) is 0.0314. The lowest BCUT2D eigenvalue weighted by molar-refractivity contribution is -0.137. The van der Waals surface area contributed by atoms with Crippen LogP contribution in [0.3, 0.4) is 0 Å². The molecule has 0 saturated carbocycles. The number of rotatable bonds is 6. The van der Waals surface area contributed by atoms with Gasteiger partial charge in [0, 0.05) is 50.0 Å². The van der Waals surface area contributed by atoms with Crippen LogP contribution in [0, 0.1) is 0 Å². The number of benzene rings is 1. The molecule has 0 aliphatic carbocycles. The van der Waals surface area contributed by atoms with Gasteiger partial charge in [-0.15, -0.1) is 0 Å². The maximum absolute atomic E-state index is 12.7. The molecule has 1 fully saturated rings. The maximum atomic E-state index is 12.7. The highest BCUT2D eigenvalue weighted by atomic mass is 16.4. The van der Waals surface area contributed by atoms with Gasteiger partial charge in [0.05, 0.1) is 6.42 Å². The van der Waals surface area contributed by atoms with Crippen molar-refractivity contribution in [3.05, 3.63) is 29.3 Å². The van der Waals surface area contributed by atoms with Crippen molar-refractivity contribution in [2.24, 2.45) is 0 Å². The van der Waals surface area contributed by atoms with Crippen LogP contribution in [0.2, 0.25) is 0 Å². The molecule has 0 unspecified atom stereocenters. The highest BCUT2D eigenvalue weighted by Gasteiger charge is 2.30.